The lowest BCUT2D eigenvalue weighted by Crippen LogP contribution is -2.48. The van der Waals surface area contributed by atoms with E-state index < -0.39 is 46.8 Å². The number of aromatic hydroxyl groups is 1. The summed E-state index contributed by atoms with van der Waals surface area (Å²) in [5.41, 5.74) is 2.53. The summed E-state index contributed by atoms with van der Waals surface area (Å²) in [5.74, 6) is -4.27. The second-order valence-electron chi connectivity index (χ2n) is 15.4. The van der Waals surface area contributed by atoms with Gasteiger partial charge in [-0.3, -0.25) is 28.8 Å². The number of amides is 4. The summed E-state index contributed by atoms with van der Waals surface area (Å²) in [6, 6.07) is 20.3. The zero-order valence-electron chi connectivity index (χ0n) is 31.4. The van der Waals surface area contributed by atoms with Crippen LogP contribution in [0.4, 0.5) is 5.82 Å². The van der Waals surface area contributed by atoms with Gasteiger partial charge < -0.3 is 14.6 Å². The first kappa shape index (κ1) is 36.2. The number of imide groups is 2. The van der Waals surface area contributed by atoms with Crippen LogP contribution in [0, 0.1) is 36.0 Å². The minimum atomic E-state index is -1.33. The van der Waals surface area contributed by atoms with E-state index in [2.05, 4.69) is 0 Å². The van der Waals surface area contributed by atoms with Crippen molar-refractivity contribution in [1.29, 1.82) is 0 Å². The molecule has 0 radical (unpaired) electrons. The third-order valence-corrected chi connectivity index (χ3v) is 14.1. The minimum absolute atomic E-state index is 0.141. The molecule has 6 atom stereocenters. The number of carbonyl (C=O) groups is 4. The van der Waals surface area contributed by atoms with Crippen molar-refractivity contribution in [1.82, 2.24) is 14.7 Å². The van der Waals surface area contributed by atoms with E-state index in [-0.39, 0.29) is 42.0 Å². The van der Waals surface area contributed by atoms with Crippen LogP contribution in [-0.4, -0.2) is 57.6 Å². The summed E-state index contributed by atoms with van der Waals surface area (Å²) in [6.45, 7) is 3.98. The van der Waals surface area contributed by atoms with Crippen LogP contribution >= 0.6 is 22.9 Å². The molecule has 9 rings (SSSR count). The van der Waals surface area contributed by atoms with Gasteiger partial charge in [-0.15, -0.1) is 11.3 Å². The molecular formula is C43H39ClN4O7S. The fourth-order valence-electron chi connectivity index (χ4n) is 9.90. The van der Waals surface area contributed by atoms with Crippen LogP contribution < -0.4 is 14.4 Å². The third-order valence-electron chi connectivity index (χ3n) is 12.6. The number of aromatic nitrogens is 2. The Bertz CT molecular complexity index is 2520. The number of fused-ring (bicyclic) bond motifs is 5. The average molecular weight is 791 g/mol. The molecule has 1 saturated carbocycles. The fraction of sp³-hybridized carbons (Fsp3) is 0.326. The predicted molar refractivity (Wildman–Crippen MR) is 212 cm³/mol. The largest absolute Gasteiger partial charge is 0.502 e. The number of likely N-dealkylation sites (tertiary alicyclic amines) is 1. The van der Waals surface area contributed by atoms with Crippen molar-refractivity contribution < 1.29 is 33.8 Å². The number of methoxy groups -OCH3 is 2. The molecule has 2 aromatic heterocycles. The molecule has 0 unspecified atom stereocenters. The molecule has 11 nitrogen and oxygen atoms in total. The van der Waals surface area contributed by atoms with Gasteiger partial charge in [-0.1, -0.05) is 53.6 Å². The van der Waals surface area contributed by atoms with Crippen molar-refractivity contribution in [2.75, 3.05) is 19.1 Å². The average Bonchev–Trinajstić information content (AvgIpc) is 3.86. The first-order valence-corrected chi connectivity index (χ1v) is 19.7. The second kappa shape index (κ2) is 13.1. The summed E-state index contributed by atoms with van der Waals surface area (Å²) in [6.07, 6.45) is 2.51. The number of phenolic OH excluding ortho intramolecular Hbond substituents is 1. The number of halogens is 1. The number of thiophene rings is 1. The summed E-state index contributed by atoms with van der Waals surface area (Å²) < 4.78 is 13.7. The predicted octanol–water partition coefficient (Wildman–Crippen LogP) is 7.42. The van der Waals surface area contributed by atoms with Crippen LogP contribution in [0.2, 0.25) is 5.02 Å². The number of benzene rings is 3. The van der Waals surface area contributed by atoms with Crippen LogP contribution in [0.1, 0.15) is 42.4 Å². The molecule has 3 fully saturated rings. The monoisotopic (exact) mass is 790 g/mol. The fourth-order valence-corrected chi connectivity index (χ4v) is 11.2. The Labute approximate surface area is 332 Å². The van der Waals surface area contributed by atoms with Crippen molar-refractivity contribution in [3.05, 3.63) is 100 Å². The number of nitrogens with zero attached hydrogens (tertiary/aromatic N) is 4. The maximum absolute atomic E-state index is 15.2. The number of phenols is 1. The smallest absolute Gasteiger partial charge is 0.242 e. The Hall–Kier alpha value is -5.46. The number of rotatable bonds is 7. The molecule has 2 aliphatic carbocycles. The SMILES string of the molecule is COc1cc([C@H]2C3=CC[C@@H]4C(=O)N(Cc5ccccc5)C(=O)[C@@H]4[C@@H]3C[C@H]3C(=O)N(c4cc(-c5sc6ccc(Cl)cc6c5C)nn4C)C(=O)[C@@]23C)cc(OC)c1O. The summed E-state index contributed by atoms with van der Waals surface area (Å²) >= 11 is 7.89. The lowest BCUT2D eigenvalue weighted by molar-refractivity contribution is -0.141. The molecule has 3 aromatic carbocycles. The lowest BCUT2D eigenvalue weighted by atomic mass is 9.51. The highest BCUT2D eigenvalue weighted by molar-refractivity contribution is 7.22. The number of hydrogen-bond acceptors (Lipinski definition) is 9. The minimum Gasteiger partial charge on any atom is -0.502 e. The van der Waals surface area contributed by atoms with Crippen LogP contribution in [0.25, 0.3) is 20.7 Å². The van der Waals surface area contributed by atoms with E-state index in [4.69, 9.17) is 26.2 Å². The van der Waals surface area contributed by atoms with Gasteiger partial charge in [0.15, 0.2) is 11.5 Å². The van der Waals surface area contributed by atoms with Crippen LogP contribution in [0.3, 0.4) is 0 Å². The Morgan fingerprint density at radius 1 is 0.946 bits per heavy atom. The van der Waals surface area contributed by atoms with E-state index in [1.165, 1.54) is 24.0 Å². The highest BCUT2D eigenvalue weighted by atomic mass is 35.5. The molecule has 13 heteroatoms. The Morgan fingerprint density at radius 2 is 1.66 bits per heavy atom. The van der Waals surface area contributed by atoms with Crippen molar-refractivity contribution in [2.24, 2.45) is 36.1 Å². The summed E-state index contributed by atoms with van der Waals surface area (Å²) in [4.78, 5) is 62.1. The molecule has 4 amide bonds. The molecule has 2 aliphatic heterocycles. The molecule has 5 aromatic rings. The van der Waals surface area contributed by atoms with Gasteiger partial charge in [-0.25, -0.2) is 4.90 Å². The molecular weight excluding hydrogens is 752 g/mol. The highest BCUT2D eigenvalue weighted by Crippen LogP contribution is 2.64. The number of aryl methyl sites for hydroxylation is 2. The van der Waals surface area contributed by atoms with Gasteiger partial charge in [0.1, 0.15) is 11.5 Å². The molecule has 4 heterocycles. The van der Waals surface area contributed by atoms with Crippen molar-refractivity contribution >= 4 is 62.5 Å². The van der Waals surface area contributed by atoms with Gasteiger partial charge in [-0.05, 0) is 85.0 Å². The number of carbonyl (C=O) groups excluding carboxylic acids is 4. The topological polar surface area (TPSA) is 131 Å². The van der Waals surface area contributed by atoms with E-state index >= 15 is 4.79 Å². The highest BCUT2D eigenvalue weighted by Gasteiger charge is 2.68. The van der Waals surface area contributed by atoms with Gasteiger partial charge in [0.05, 0.1) is 48.8 Å². The Kier molecular flexibility index (Phi) is 8.44. The van der Waals surface area contributed by atoms with E-state index in [9.17, 15) is 19.5 Å². The van der Waals surface area contributed by atoms with Crippen molar-refractivity contribution in [3.8, 4) is 27.8 Å². The Balaban J connectivity index is 1.16. The normalized spacial score (nSPS) is 25.8. The number of allylic oxidation sites excluding steroid dienone is 2. The summed E-state index contributed by atoms with van der Waals surface area (Å²) in [5, 5.41) is 17.4. The third kappa shape index (κ3) is 5.11. The molecule has 0 spiro atoms. The molecule has 56 heavy (non-hydrogen) atoms. The maximum atomic E-state index is 15.2. The first-order chi connectivity index (χ1) is 26.9. The van der Waals surface area contributed by atoms with E-state index in [0.29, 0.717) is 28.5 Å². The van der Waals surface area contributed by atoms with Gasteiger partial charge in [0.2, 0.25) is 29.4 Å². The van der Waals surface area contributed by atoms with Crippen LogP contribution in [0.5, 0.6) is 17.2 Å². The van der Waals surface area contributed by atoms with Crippen LogP contribution in [0.15, 0.2) is 78.4 Å². The van der Waals surface area contributed by atoms with Gasteiger partial charge in [0.25, 0.3) is 0 Å². The number of ether oxygens (including phenoxy) is 2. The van der Waals surface area contributed by atoms with E-state index in [1.54, 1.807) is 41.3 Å². The Morgan fingerprint density at radius 3 is 2.36 bits per heavy atom. The second-order valence-corrected chi connectivity index (χ2v) is 16.9. The summed E-state index contributed by atoms with van der Waals surface area (Å²) in [7, 11) is 4.58. The van der Waals surface area contributed by atoms with Gasteiger partial charge in [0, 0.05) is 28.8 Å². The zero-order chi connectivity index (χ0) is 39.4. The molecule has 2 saturated heterocycles. The number of anilines is 1. The zero-order valence-corrected chi connectivity index (χ0v) is 33.0. The quantitative estimate of drug-likeness (QED) is 0.133. The van der Waals surface area contributed by atoms with E-state index in [1.807, 2.05) is 68.5 Å². The molecule has 4 aliphatic rings. The van der Waals surface area contributed by atoms with Crippen LogP contribution in [-0.2, 0) is 32.8 Å². The van der Waals surface area contributed by atoms with Crippen molar-refractivity contribution in [2.45, 2.75) is 39.2 Å². The van der Waals surface area contributed by atoms with Gasteiger partial charge in [-0.2, -0.15) is 5.10 Å². The number of hydrogen-bond donors (Lipinski definition) is 1. The lowest BCUT2D eigenvalue weighted by Gasteiger charge is -2.49. The maximum Gasteiger partial charge on any atom is 0.242 e. The standard InChI is InChI=1S/C43H39ClN4O7S/c1-21-27-17-24(44)11-14-33(27)56-38(21)30-19-34(46(3)45-30)48-40(51)29-18-28-25(12-13-26-35(28)41(52)47(39(26)50)20-22-9-7-6-8-10-22)36(43(29,2)42(48)53)23-15-31(54-4)37(49)32(16-23)55-5/h6-12,14-17,19,26,28-29,35-36,49H,13,18,20H2,1-5H3/t26-,28+,29-,35-,36-,43+/m0/s1. The van der Waals surface area contributed by atoms with E-state index in [0.717, 1.165) is 31.7 Å². The van der Waals surface area contributed by atoms with Crippen molar-refractivity contribution in [3.63, 3.8) is 0 Å². The van der Waals surface area contributed by atoms with Gasteiger partial charge >= 0.3 is 0 Å². The molecule has 0 bridgehead atoms. The first-order valence-electron chi connectivity index (χ1n) is 18.5. The molecule has 1 N–H and O–H groups in total. The molecule has 286 valence electrons.